The Hall–Kier alpha value is -3.92. The molecule has 2 N–H and O–H groups in total. The van der Waals surface area contributed by atoms with E-state index in [1.807, 2.05) is 60.7 Å². The van der Waals surface area contributed by atoms with Gasteiger partial charge in [-0.3, -0.25) is 9.59 Å². The third kappa shape index (κ3) is 5.54. The largest absolute Gasteiger partial charge is 0.361 e. The Labute approximate surface area is 164 Å². The summed E-state index contributed by atoms with van der Waals surface area (Å²) < 4.78 is 0. The van der Waals surface area contributed by atoms with E-state index in [4.69, 9.17) is 0 Å². The zero-order valence-electron chi connectivity index (χ0n) is 15.2. The molecule has 0 unspecified atom stereocenters. The van der Waals surface area contributed by atoms with Crippen LogP contribution >= 0.6 is 0 Å². The fraction of sp³-hybridized carbons (Fsp3) is 0. The van der Waals surface area contributed by atoms with E-state index in [2.05, 4.69) is 10.6 Å². The van der Waals surface area contributed by atoms with Crippen molar-refractivity contribution in [2.75, 3.05) is 10.6 Å². The van der Waals surface area contributed by atoms with E-state index in [0.717, 1.165) is 11.4 Å². The number of rotatable bonds is 8. The summed E-state index contributed by atoms with van der Waals surface area (Å²) in [4.78, 5) is 24.1. The summed E-state index contributed by atoms with van der Waals surface area (Å²) in [6.07, 6.45) is 6.22. The Balaban J connectivity index is 1.55. The normalized spacial score (nSPS) is 10.9. The maximum absolute atomic E-state index is 12.0. The fourth-order valence-electron chi connectivity index (χ4n) is 2.52. The Morgan fingerprint density at radius 1 is 0.571 bits per heavy atom. The molecule has 4 heteroatoms. The van der Waals surface area contributed by atoms with Crippen LogP contribution in [0.1, 0.15) is 20.7 Å². The van der Waals surface area contributed by atoms with Gasteiger partial charge in [-0.1, -0.05) is 66.7 Å². The first kappa shape index (κ1) is 18.9. The Morgan fingerprint density at radius 2 is 1.00 bits per heavy atom. The maximum Gasteiger partial charge on any atom is 0.187 e. The van der Waals surface area contributed by atoms with E-state index in [1.165, 1.54) is 12.2 Å². The summed E-state index contributed by atoms with van der Waals surface area (Å²) in [5, 5.41) is 6.16. The molecule has 0 bridgehead atoms. The molecule has 3 aromatic rings. The van der Waals surface area contributed by atoms with Gasteiger partial charge < -0.3 is 10.6 Å². The molecule has 0 aliphatic heterocycles. The fourth-order valence-corrected chi connectivity index (χ4v) is 2.52. The SMILES string of the molecule is O=C(C=CNc1cccc(NC=CC(=O)c2ccccc2)c1)c1ccccc1. The average molecular weight is 368 g/mol. The summed E-state index contributed by atoms with van der Waals surface area (Å²) in [6, 6.07) is 25.7. The minimum atomic E-state index is -0.0651. The number of ketones is 2. The number of carbonyl (C=O) groups excluding carboxylic acids is 2. The predicted octanol–water partition coefficient (Wildman–Crippen LogP) is 5.30. The molecule has 0 aliphatic rings. The second kappa shape index (κ2) is 9.69. The Bertz CT molecular complexity index is 915. The molecule has 0 amide bonds. The molecule has 4 nitrogen and oxygen atoms in total. The van der Waals surface area contributed by atoms with Crippen molar-refractivity contribution >= 4 is 22.9 Å². The van der Waals surface area contributed by atoms with Gasteiger partial charge >= 0.3 is 0 Å². The van der Waals surface area contributed by atoms with Crippen molar-refractivity contribution in [1.82, 2.24) is 0 Å². The third-order valence-corrected chi connectivity index (χ3v) is 3.95. The van der Waals surface area contributed by atoms with Gasteiger partial charge in [0.15, 0.2) is 11.6 Å². The van der Waals surface area contributed by atoms with Crippen molar-refractivity contribution in [3.8, 4) is 0 Å². The van der Waals surface area contributed by atoms with Crippen LogP contribution in [0.5, 0.6) is 0 Å². The van der Waals surface area contributed by atoms with Gasteiger partial charge in [0.25, 0.3) is 0 Å². The first-order valence-corrected chi connectivity index (χ1v) is 8.87. The summed E-state index contributed by atoms with van der Waals surface area (Å²) in [5.74, 6) is -0.130. The van der Waals surface area contributed by atoms with Gasteiger partial charge in [0.2, 0.25) is 0 Å². The minimum absolute atomic E-state index is 0.0651. The first-order valence-electron chi connectivity index (χ1n) is 8.87. The van der Waals surface area contributed by atoms with Crippen molar-refractivity contribution in [2.45, 2.75) is 0 Å². The van der Waals surface area contributed by atoms with Crippen LogP contribution in [-0.2, 0) is 0 Å². The standard InChI is InChI=1S/C24H20N2O2/c27-23(19-8-3-1-4-9-19)14-16-25-21-12-7-13-22(18-21)26-17-15-24(28)20-10-5-2-6-11-20/h1-18,25-26H. The Morgan fingerprint density at radius 3 is 1.43 bits per heavy atom. The summed E-state index contributed by atoms with van der Waals surface area (Å²) in [6.45, 7) is 0. The molecule has 138 valence electrons. The van der Waals surface area contributed by atoms with Crippen molar-refractivity contribution < 1.29 is 9.59 Å². The number of allylic oxidation sites excluding steroid dienone is 2. The van der Waals surface area contributed by atoms with E-state index in [-0.39, 0.29) is 11.6 Å². The van der Waals surface area contributed by atoms with E-state index < -0.39 is 0 Å². The van der Waals surface area contributed by atoms with Crippen LogP contribution in [0.25, 0.3) is 0 Å². The van der Waals surface area contributed by atoms with Crippen molar-refractivity contribution in [3.05, 3.63) is 121 Å². The molecule has 0 saturated carbocycles. The van der Waals surface area contributed by atoms with Gasteiger partial charge in [-0.25, -0.2) is 0 Å². The van der Waals surface area contributed by atoms with Crippen LogP contribution in [0.2, 0.25) is 0 Å². The van der Waals surface area contributed by atoms with E-state index >= 15 is 0 Å². The molecule has 0 aromatic heterocycles. The van der Waals surface area contributed by atoms with Crippen LogP contribution in [0.4, 0.5) is 11.4 Å². The van der Waals surface area contributed by atoms with Crippen molar-refractivity contribution in [3.63, 3.8) is 0 Å². The zero-order chi connectivity index (χ0) is 19.6. The zero-order valence-corrected chi connectivity index (χ0v) is 15.2. The number of hydrogen-bond acceptors (Lipinski definition) is 4. The molecular formula is C24H20N2O2. The van der Waals surface area contributed by atoms with Gasteiger partial charge in [-0.05, 0) is 18.2 Å². The van der Waals surface area contributed by atoms with Gasteiger partial charge in [-0.2, -0.15) is 0 Å². The van der Waals surface area contributed by atoms with Gasteiger partial charge in [0.05, 0.1) is 0 Å². The van der Waals surface area contributed by atoms with Crippen molar-refractivity contribution in [2.24, 2.45) is 0 Å². The third-order valence-electron chi connectivity index (χ3n) is 3.95. The number of hydrogen-bond donors (Lipinski definition) is 2. The quantitative estimate of drug-likeness (QED) is 0.418. The molecule has 0 atom stereocenters. The summed E-state index contributed by atoms with van der Waals surface area (Å²) >= 11 is 0. The van der Waals surface area contributed by atoms with E-state index in [0.29, 0.717) is 11.1 Å². The van der Waals surface area contributed by atoms with Gasteiger partial charge in [0, 0.05) is 47.1 Å². The van der Waals surface area contributed by atoms with Crippen LogP contribution in [0, 0.1) is 0 Å². The lowest BCUT2D eigenvalue weighted by molar-refractivity contribution is 0.103. The molecule has 28 heavy (non-hydrogen) atoms. The van der Waals surface area contributed by atoms with E-state index in [1.54, 1.807) is 36.7 Å². The molecule has 0 radical (unpaired) electrons. The minimum Gasteiger partial charge on any atom is -0.361 e. The highest BCUT2D eigenvalue weighted by atomic mass is 16.1. The molecule has 0 spiro atoms. The highest BCUT2D eigenvalue weighted by molar-refractivity contribution is 6.05. The molecular weight excluding hydrogens is 348 g/mol. The maximum atomic E-state index is 12.0. The lowest BCUT2D eigenvalue weighted by Crippen LogP contribution is -1.97. The first-order chi connectivity index (χ1) is 13.7. The molecule has 0 aliphatic carbocycles. The smallest absolute Gasteiger partial charge is 0.187 e. The predicted molar refractivity (Wildman–Crippen MR) is 114 cm³/mol. The molecule has 3 aromatic carbocycles. The van der Waals surface area contributed by atoms with E-state index in [9.17, 15) is 9.59 Å². The highest BCUT2D eigenvalue weighted by Crippen LogP contribution is 2.15. The van der Waals surface area contributed by atoms with Crippen molar-refractivity contribution in [1.29, 1.82) is 0 Å². The summed E-state index contributed by atoms with van der Waals surface area (Å²) in [7, 11) is 0. The highest BCUT2D eigenvalue weighted by Gasteiger charge is 2.00. The number of nitrogens with one attached hydrogen (secondary N) is 2. The monoisotopic (exact) mass is 368 g/mol. The van der Waals surface area contributed by atoms with Gasteiger partial charge in [-0.15, -0.1) is 0 Å². The molecule has 0 fully saturated rings. The lowest BCUT2D eigenvalue weighted by atomic mass is 10.1. The lowest BCUT2D eigenvalue weighted by Gasteiger charge is -2.05. The topological polar surface area (TPSA) is 58.2 Å². The van der Waals surface area contributed by atoms with Crippen LogP contribution < -0.4 is 10.6 Å². The summed E-state index contributed by atoms with van der Waals surface area (Å²) in [5.41, 5.74) is 2.93. The van der Waals surface area contributed by atoms with Gasteiger partial charge in [0.1, 0.15) is 0 Å². The second-order valence-electron chi connectivity index (χ2n) is 6.00. The number of benzene rings is 3. The second-order valence-corrected chi connectivity index (χ2v) is 6.00. The number of anilines is 2. The molecule has 0 heterocycles. The van der Waals surface area contributed by atoms with Crippen LogP contribution in [0.3, 0.4) is 0 Å². The Kier molecular flexibility index (Phi) is 6.53. The van der Waals surface area contributed by atoms with Crippen LogP contribution in [-0.4, -0.2) is 11.6 Å². The molecule has 3 rings (SSSR count). The average Bonchev–Trinajstić information content (AvgIpc) is 2.75. The molecule has 0 saturated heterocycles. The number of carbonyl (C=O) groups is 2. The van der Waals surface area contributed by atoms with Crippen LogP contribution in [0.15, 0.2) is 109 Å².